The first kappa shape index (κ1) is 12.9. The monoisotopic (exact) mass is 228 g/mol. The summed E-state index contributed by atoms with van der Waals surface area (Å²) in [5, 5.41) is 2.06. The third kappa shape index (κ3) is 3.79. The first-order chi connectivity index (χ1) is 7.52. The number of urea groups is 1. The predicted octanol–water partition coefficient (Wildman–Crippen LogP) is -0.759. The van der Waals surface area contributed by atoms with Crippen LogP contribution in [0.5, 0.6) is 0 Å². The lowest BCUT2D eigenvalue weighted by atomic mass is 9.92. The minimum absolute atomic E-state index is 0.192. The van der Waals surface area contributed by atoms with Gasteiger partial charge in [0.25, 0.3) is 0 Å². The van der Waals surface area contributed by atoms with Crippen molar-refractivity contribution in [1.29, 1.82) is 0 Å². The van der Waals surface area contributed by atoms with Crippen LogP contribution in [-0.4, -0.2) is 42.5 Å². The second-order valence-electron chi connectivity index (χ2n) is 4.40. The number of primary amides is 1. The minimum atomic E-state index is -0.806. The first-order valence-corrected chi connectivity index (χ1v) is 5.56. The van der Waals surface area contributed by atoms with Crippen LogP contribution in [0.2, 0.25) is 0 Å². The number of nitrogens with zero attached hydrogens (tertiary/aromatic N) is 1. The molecule has 1 saturated heterocycles. The van der Waals surface area contributed by atoms with Crippen molar-refractivity contribution in [3.8, 4) is 0 Å². The fraction of sp³-hybridized carbons (Fsp3) is 0.800. The summed E-state index contributed by atoms with van der Waals surface area (Å²) < 4.78 is 0. The molecule has 0 radical (unpaired) electrons. The zero-order valence-electron chi connectivity index (χ0n) is 9.61. The van der Waals surface area contributed by atoms with Crippen molar-refractivity contribution in [2.75, 3.05) is 19.6 Å². The van der Waals surface area contributed by atoms with Gasteiger partial charge in [0, 0.05) is 12.6 Å². The number of amides is 3. The Morgan fingerprint density at radius 2 is 2.19 bits per heavy atom. The zero-order valence-corrected chi connectivity index (χ0v) is 9.61. The molecule has 3 amide bonds. The van der Waals surface area contributed by atoms with Crippen LogP contribution in [0.25, 0.3) is 0 Å². The van der Waals surface area contributed by atoms with Crippen LogP contribution < -0.4 is 16.8 Å². The Morgan fingerprint density at radius 1 is 1.50 bits per heavy atom. The quantitative estimate of drug-likeness (QED) is 0.591. The van der Waals surface area contributed by atoms with E-state index in [1.165, 1.54) is 0 Å². The summed E-state index contributed by atoms with van der Waals surface area (Å²) in [6, 6.07) is -0.581. The van der Waals surface area contributed by atoms with E-state index in [2.05, 4.69) is 12.2 Å². The fourth-order valence-electron chi connectivity index (χ4n) is 2.12. The van der Waals surface area contributed by atoms with Crippen molar-refractivity contribution in [1.82, 2.24) is 10.2 Å². The van der Waals surface area contributed by atoms with Gasteiger partial charge in [-0.3, -0.25) is 15.0 Å². The van der Waals surface area contributed by atoms with Crippen LogP contribution in [0.15, 0.2) is 0 Å². The van der Waals surface area contributed by atoms with Crippen LogP contribution >= 0.6 is 0 Å². The lowest BCUT2D eigenvalue weighted by Crippen LogP contribution is -2.51. The molecule has 0 spiro atoms. The number of nitrogens with two attached hydrogens (primary N) is 2. The molecule has 0 aromatic rings. The molecule has 5 N–H and O–H groups in total. The van der Waals surface area contributed by atoms with Gasteiger partial charge in [-0.05, 0) is 25.3 Å². The van der Waals surface area contributed by atoms with E-state index >= 15 is 0 Å². The lowest BCUT2D eigenvalue weighted by Gasteiger charge is -2.37. The molecule has 0 aromatic heterocycles. The van der Waals surface area contributed by atoms with E-state index in [4.69, 9.17) is 11.5 Å². The van der Waals surface area contributed by atoms with E-state index in [0.29, 0.717) is 12.5 Å². The number of rotatable bonds is 3. The van der Waals surface area contributed by atoms with E-state index in [0.717, 1.165) is 19.4 Å². The molecule has 0 saturated carbocycles. The molecule has 1 aliphatic rings. The van der Waals surface area contributed by atoms with Crippen molar-refractivity contribution >= 4 is 11.9 Å². The number of nitrogens with one attached hydrogen (secondary N) is 1. The summed E-state index contributed by atoms with van der Waals surface area (Å²) >= 11 is 0. The number of carbonyl (C=O) groups is 2. The van der Waals surface area contributed by atoms with E-state index in [9.17, 15) is 9.59 Å². The van der Waals surface area contributed by atoms with Gasteiger partial charge < -0.3 is 11.5 Å². The topological polar surface area (TPSA) is 101 Å². The van der Waals surface area contributed by atoms with E-state index < -0.39 is 6.03 Å². The summed E-state index contributed by atoms with van der Waals surface area (Å²) in [6.45, 7) is 3.75. The van der Waals surface area contributed by atoms with Gasteiger partial charge in [0.05, 0.1) is 6.54 Å². The number of likely N-dealkylation sites (tertiary alicyclic amines) is 1. The smallest absolute Gasteiger partial charge is 0.318 e. The number of carbonyl (C=O) groups excluding carboxylic acids is 2. The lowest BCUT2D eigenvalue weighted by molar-refractivity contribution is -0.122. The Kier molecular flexibility index (Phi) is 4.70. The highest BCUT2D eigenvalue weighted by molar-refractivity contribution is 5.94. The van der Waals surface area contributed by atoms with Gasteiger partial charge in [0.1, 0.15) is 0 Å². The van der Waals surface area contributed by atoms with Gasteiger partial charge in [-0.1, -0.05) is 6.92 Å². The third-order valence-corrected chi connectivity index (χ3v) is 2.98. The highest BCUT2D eigenvalue weighted by atomic mass is 16.2. The molecular formula is C10H20N4O2. The molecule has 0 bridgehead atoms. The number of hydrogen-bond acceptors (Lipinski definition) is 4. The largest absolute Gasteiger partial charge is 0.351 e. The molecule has 0 aliphatic carbocycles. The maximum Gasteiger partial charge on any atom is 0.318 e. The number of imide groups is 1. The van der Waals surface area contributed by atoms with Gasteiger partial charge in [0.2, 0.25) is 5.91 Å². The molecule has 6 heteroatoms. The van der Waals surface area contributed by atoms with Crippen molar-refractivity contribution in [2.24, 2.45) is 17.4 Å². The predicted molar refractivity (Wildman–Crippen MR) is 60.5 cm³/mol. The average molecular weight is 228 g/mol. The average Bonchev–Trinajstić information content (AvgIpc) is 2.19. The Labute approximate surface area is 95.3 Å². The Morgan fingerprint density at radius 3 is 2.75 bits per heavy atom. The van der Waals surface area contributed by atoms with E-state index in [-0.39, 0.29) is 18.5 Å². The summed E-state index contributed by atoms with van der Waals surface area (Å²) in [5.41, 5.74) is 10.5. The van der Waals surface area contributed by atoms with Crippen LogP contribution in [0.4, 0.5) is 4.79 Å². The second kappa shape index (κ2) is 5.81. The molecule has 0 aromatic carbocycles. The molecule has 2 atom stereocenters. The fourth-order valence-corrected chi connectivity index (χ4v) is 2.12. The van der Waals surface area contributed by atoms with Gasteiger partial charge in [-0.2, -0.15) is 0 Å². The summed E-state index contributed by atoms with van der Waals surface area (Å²) in [4.78, 5) is 23.9. The summed E-state index contributed by atoms with van der Waals surface area (Å²) in [6.07, 6.45) is 2.06. The SMILES string of the molecule is CC1CCN(CC(=O)NC(N)=O)C(CN)C1. The van der Waals surface area contributed by atoms with Gasteiger partial charge in [0.15, 0.2) is 0 Å². The maximum absolute atomic E-state index is 11.4. The molecule has 1 rings (SSSR count). The number of hydrogen-bond donors (Lipinski definition) is 3. The van der Waals surface area contributed by atoms with Crippen LogP contribution in [0, 0.1) is 5.92 Å². The van der Waals surface area contributed by atoms with Crippen LogP contribution in [-0.2, 0) is 4.79 Å². The summed E-state index contributed by atoms with van der Waals surface area (Å²) in [7, 11) is 0. The molecule has 1 aliphatic heterocycles. The summed E-state index contributed by atoms with van der Waals surface area (Å²) in [5.74, 6) is 0.282. The standard InChI is InChI=1S/C10H20N4O2/c1-7-2-3-14(8(4-7)5-11)6-9(15)13-10(12)16/h7-8H,2-6,11H2,1H3,(H3,12,13,15,16). The van der Waals surface area contributed by atoms with Gasteiger partial charge >= 0.3 is 6.03 Å². The van der Waals surface area contributed by atoms with E-state index in [1.54, 1.807) is 0 Å². The maximum atomic E-state index is 11.4. The molecule has 16 heavy (non-hydrogen) atoms. The van der Waals surface area contributed by atoms with Crippen molar-refractivity contribution in [3.63, 3.8) is 0 Å². The zero-order chi connectivity index (χ0) is 12.1. The molecule has 1 heterocycles. The van der Waals surface area contributed by atoms with E-state index in [1.807, 2.05) is 4.90 Å². The normalized spacial score (nSPS) is 26.4. The Bertz CT molecular complexity index is 270. The Balaban J connectivity index is 2.45. The molecule has 92 valence electrons. The second-order valence-corrected chi connectivity index (χ2v) is 4.40. The molecule has 1 fully saturated rings. The Hall–Kier alpha value is -1.14. The highest BCUT2D eigenvalue weighted by Crippen LogP contribution is 2.21. The van der Waals surface area contributed by atoms with Crippen molar-refractivity contribution in [2.45, 2.75) is 25.8 Å². The van der Waals surface area contributed by atoms with Gasteiger partial charge in [-0.15, -0.1) is 0 Å². The van der Waals surface area contributed by atoms with Gasteiger partial charge in [-0.25, -0.2) is 4.79 Å². The minimum Gasteiger partial charge on any atom is -0.351 e. The molecule has 6 nitrogen and oxygen atoms in total. The van der Waals surface area contributed by atoms with Crippen LogP contribution in [0.3, 0.4) is 0 Å². The molecular weight excluding hydrogens is 208 g/mol. The third-order valence-electron chi connectivity index (χ3n) is 2.98. The molecule has 2 unspecified atom stereocenters. The van der Waals surface area contributed by atoms with Crippen LogP contribution in [0.1, 0.15) is 19.8 Å². The number of piperidine rings is 1. The highest BCUT2D eigenvalue weighted by Gasteiger charge is 2.26. The van der Waals surface area contributed by atoms with Crippen molar-refractivity contribution in [3.05, 3.63) is 0 Å². The first-order valence-electron chi connectivity index (χ1n) is 5.56. The van der Waals surface area contributed by atoms with Crippen molar-refractivity contribution < 1.29 is 9.59 Å².